The smallest absolute Gasteiger partial charge is 0.228 e. The molecule has 98 valence electrons. The molecule has 6 nitrogen and oxygen atoms in total. The van der Waals surface area contributed by atoms with Gasteiger partial charge in [-0.15, -0.1) is 0 Å². The minimum atomic E-state index is -0.0945. The van der Waals surface area contributed by atoms with Gasteiger partial charge in [0.15, 0.2) is 0 Å². The molecule has 1 heterocycles. The van der Waals surface area contributed by atoms with E-state index in [4.69, 9.17) is 14.0 Å². The molecule has 2 atom stereocenters. The van der Waals surface area contributed by atoms with Crippen LogP contribution in [-0.4, -0.2) is 44.1 Å². The number of rotatable bonds is 8. The summed E-state index contributed by atoms with van der Waals surface area (Å²) >= 11 is 0. The first-order valence-electron chi connectivity index (χ1n) is 5.76. The highest BCUT2D eigenvalue weighted by atomic mass is 16.5. The third-order valence-electron chi connectivity index (χ3n) is 2.62. The Balaban J connectivity index is 2.60. The fourth-order valence-corrected chi connectivity index (χ4v) is 1.59. The van der Waals surface area contributed by atoms with E-state index in [0.29, 0.717) is 24.7 Å². The van der Waals surface area contributed by atoms with Gasteiger partial charge in [-0.3, -0.25) is 0 Å². The van der Waals surface area contributed by atoms with Crippen molar-refractivity contribution in [3.8, 4) is 0 Å². The predicted octanol–water partition coefficient (Wildman–Crippen LogP) is 0.944. The molecule has 2 unspecified atom stereocenters. The van der Waals surface area contributed by atoms with Gasteiger partial charge in [-0.25, -0.2) is 0 Å². The molecule has 0 amide bonds. The van der Waals surface area contributed by atoms with E-state index in [2.05, 4.69) is 15.5 Å². The van der Waals surface area contributed by atoms with Gasteiger partial charge in [-0.1, -0.05) is 12.1 Å². The molecule has 0 aromatic carbocycles. The first-order valence-corrected chi connectivity index (χ1v) is 5.76. The Hall–Kier alpha value is -0.980. The average Bonchev–Trinajstić information content (AvgIpc) is 2.79. The molecule has 0 aliphatic carbocycles. The SMILES string of the molecule is CCC(OC)c1noc(CC(COC)NC)n1. The van der Waals surface area contributed by atoms with Crippen LogP contribution in [0, 0.1) is 0 Å². The lowest BCUT2D eigenvalue weighted by Gasteiger charge is -2.11. The van der Waals surface area contributed by atoms with Crippen LogP contribution >= 0.6 is 0 Å². The Bertz CT molecular complexity index is 313. The van der Waals surface area contributed by atoms with Crippen molar-refractivity contribution in [2.24, 2.45) is 0 Å². The third-order valence-corrected chi connectivity index (χ3v) is 2.62. The third kappa shape index (κ3) is 4.07. The second kappa shape index (κ2) is 7.37. The fourth-order valence-electron chi connectivity index (χ4n) is 1.59. The van der Waals surface area contributed by atoms with Gasteiger partial charge in [0.05, 0.1) is 6.61 Å². The quantitative estimate of drug-likeness (QED) is 0.733. The molecule has 0 spiro atoms. The number of aromatic nitrogens is 2. The second-order valence-corrected chi connectivity index (χ2v) is 3.82. The fraction of sp³-hybridized carbons (Fsp3) is 0.818. The summed E-state index contributed by atoms with van der Waals surface area (Å²) in [7, 11) is 5.19. The number of hydrogen-bond donors (Lipinski definition) is 1. The monoisotopic (exact) mass is 243 g/mol. The Labute approximate surface area is 102 Å². The molecule has 0 bridgehead atoms. The number of likely N-dealkylation sites (N-methyl/N-ethyl adjacent to an activating group) is 1. The van der Waals surface area contributed by atoms with Crippen molar-refractivity contribution in [2.75, 3.05) is 27.9 Å². The van der Waals surface area contributed by atoms with E-state index in [1.165, 1.54) is 0 Å². The highest BCUT2D eigenvalue weighted by Crippen LogP contribution is 2.16. The van der Waals surface area contributed by atoms with Crippen molar-refractivity contribution in [1.82, 2.24) is 15.5 Å². The van der Waals surface area contributed by atoms with Gasteiger partial charge in [0, 0.05) is 26.7 Å². The zero-order chi connectivity index (χ0) is 12.7. The van der Waals surface area contributed by atoms with Crippen LogP contribution in [0.3, 0.4) is 0 Å². The largest absolute Gasteiger partial charge is 0.383 e. The van der Waals surface area contributed by atoms with E-state index in [-0.39, 0.29) is 12.1 Å². The Morgan fingerprint density at radius 1 is 1.41 bits per heavy atom. The summed E-state index contributed by atoms with van der Waals surface area (Å²) < 4.78 is 15.5. The number of ether oxygens (including phenoxy) is 2. The highest BCUT2D eigenvalue weighted by Gasteiger charge is 2.18. The minimum Gasteiger partial charge on any atom is -0.383 e. The number of nitrogens with zero attached hydrogens (tertiary/aromatic N) is 2. The molecule has 1 aromatic rings. The summed E-state index contributed by atoms with van der Waals surface area (Å²) in [5.74, 6) is 1.21. The van der Waals surface area contributed by atoms with Crippen molar-refractivity contribution in [3.05, 3.63) is 11.7 Å². The van der Waals surface area contributed by atoms with E-state index in [1.807, 2.05) is 14.0 Å². The Morgan fingerprint density at radius 2 is 2.18 bits per heavy atom. The molecule has 0 saturated carbocycles. The highest BCUT2D eigenvalue weighted by molar-refractivity contribution is 4.93. The van der Waals surface area contributed by atoms with Crippen molar-refractivity contribution in [3.63, 3.8) is 0 Å². The summed E-state index contributed by atoms with van der Waals surface area (Å²) in [5, 5.41) is 7.06. The van der Waals surface area contributed by atoms with E-state index < -0.39 is 0 Å². The number of methoxy groups -OCH3 is 2. The first-order chi connectivity index (χ1) is 8.24. The standard InChI is InChI=1S/C11H21N3O3/c1-5-9(16-4)11-13-10(17-14-11)6-8(12-2)7-15-3/h8-9,12H,5-7H2,1-4H3. The maximum atomic E-state index is 5.25. The summed E-state index contributed by atoms with van der Waals surface area (Å²) in [6, 6.07) is 0.177. The Kier molecular flexibility index (Phi) is 6.10. The molecule has 0 fully saturated rings. The van der Waals surface area contributed by atoms with Gasteiger partial charge in [0.25, 0.3) is 0 Å². The van der Waals surface area contributed by atoms with E-state index in [0.717, 1.165) is 6.42 Å². The van der Waals surface area contributed by atoms with Gasteiger partial charge >= 0.3 is 0 Å². The molecular formula is C11H21N3O3. The molecule has 0 aliphatic heterocycles. The first kappa shape index (κ1) is 14.1. The Morgan fingerprint density at radius 3 is 2.71 bits per heavy atom. The molecular weight excluding hydrogens is 222 g/mol. The molecule has 6 heteroatoms. The second-order valence-electron chi connectivity index (χ2n) is 3.82. The topological polar surface area (TPSA) is 69.4 Å². The molecule has 0 radical (unpaired) electrons. The molecule has 1 aromatic heterocycles. The predicted molar refractivity (Wildman–Crippen MR) is 62.8 cm³/mol. The van der Waals surface area contributed by atoms with Gasteiger partial charge < -0.3 is 19.3 Å². The van der Waals surface area contributed by atoms with Crippen LogP contribution in [0.1, 0.15) is 31.2 Å². The van der Waals surface area contributed by atoms with Crippen LogP contribution in [0.2, 0.25) is 0 Å². The average molecular weight is 243 g/mol. The van der Waals surface area contributed by atoms with Crippen molar-refractivity contribution < 1.29 is 14.0 Å². The minimum absolute atomic E-state index is 0.0945. The van der Waals surface area contributed by atoms with E-state index in [9.17, 15) is 0 Å². The summed E-state index contributed by atoms with van der Waals surface area (Å²) in [6.45, 7) is 2.63. The molecule has 0 aliphatic rings. The normalized spacial score (nSPS) is 14.8. The van der Waals surface area contributed by atoms with Crippen molar-refractivity contribution >= 4 is 0 Å². The van der Waals surface area contributed by atoms with Crippen LogP contribution in [0.5, 0.6) is 0 Å². The lowest BCUT2D eigenvalue weighted by atomic mass is 10.2. The summed E-state index contributed by atoms with van der Waals surface area (Å²) in [6.07, 6.45) is 1.38. The summed E-state index contributed by atoms with van der Waals surface area (Å²) in [4.78, 5) is 4.32. The van der Waals surface area contributed by atoms with Crippen LogP contribution in [0.4, 0.5) is 0 Å². The van der Waals surface area contributed by atoms with Crippen molar-refractivity contribution in [1.29, 1.82) is 0 Å². The lowest BCUT2D eigenvalue weighted by molar-refractivity contribution is 0.0903. The van der Waals surface area contributed by atoms with Crippen LogP contribution < -0.4 is 5.32 Å². The van der Waals surface area contributed by atoms with Gasteiger partial charge in [0.2, 0.25) is 11.7 Å². The van der Waals surface area contributed by atoms with Crippen molar-refractivity contribution in [2.45, 2.75) is 31.9 Å². The van der Waals surface area contributed by atoms with Gasteiger partial charge in [0.1, 0.15) is 6.10 Å². The molecule has 17 heavy (non-hydrogen) atoms. The van der Waals surface area contributed by atoms with Crippen LogP contribution in [0.15, 0.2) is 4.52 Å². The molecule has 1 N–H and O–H groups in total. The van der Waals surface area contributed by atoms with E-state index in [1.54, 1.807) is 14.2 Å². The zero-order valence-corrected chi connectivity index (χ0v) is 10.9. The zero-order valence-electron chi connectivity index (χ0n) is 10.9. The number of nitrogens with one attached hydrogen (secondary N) is 1. The van der Waals surface area contributed by atoms with Crippen LogP contribution in [-0.2, 0) is 15.9 Å². The number of hydrogen-bond acceptors (Lipinski definition) is 6. The van der Waals surface area contributed by atoms with E-state index >= 15 is 0 Å². The van der Waals surface area contributed by atoms with Gasteiger partial charge in [-0.2, -0.15) is 4.98 Å². The lowest BCUT2D eigenvalue weighted by Crippen LogP contribution is -2.32. The van der Waals surface area contributed by atoms with Gasteiger partial charge in [-0.05, 0) is 13.5 Å². The molecule has 0 saturated heterocycles. The maximum Gasteiger partial charge on any atom is 0.228 e. The van der Waals surface area contributed by atoms with Crippen LogP contribution in [0.25, 0.3) is 0 Å². The maximum absolute atomic E-state index is 5.25. The molecule has 1 rings (SSSR count). The summed E-state index contributed by atoms with van der Waals surface area (Å²) in [5.41, 5.74) is 0.